The van der Waals surface area contributed by atoms with Crippen LogP contribution in [-0.4, -0.2) is 35.8 Å². The summed E-state index contributed by atoms with van der Waals surface area (Å²) < 4.78 is 20.5. The number of benzene rings is 3. The van der Waals surface area contributed by atoms with E-state index in [1.807, 2.05) is 48.5 Å². The minimum atomic E-state index is -1.26. The molecule has 3 aromatic rings. The van der Waals surface area contributed by atoms with Crippen molar-refractivity contribution in [3.8, 4) is 11.1 Å². The monoisotopic (exact) mass is 391 g/mol. The van der Waals surface area contributed by atoms with Crippen LogP contribution in [0.25, 0.3) is 11.1 Å². The molecule has 0 bridgehead atoms. The molecule has 3 nitrogen and oxygen atoms in total. The van der Waals surface area contributed by atoms with Gasteiger partial charge in [-0.15, -0.1) is 0 Å². The van der Waals surface area contributed by atoms with Crippen molar-refractivity contribution in [2.75, 3.05) is 19.7 Å². The first-order chi connectivity index (χ1) is 14.1. The van der Waals surface area contributed by atoms with Gasteiger partial charge in [-0.2, -0.15) is 0 Å². The van der Waals surface area contributed by atoms with E-state index in [4.69, 9.17) is 4.74 Å². The Morgan fingerprint density at radius 1 is 0.966 bits per heavy atom. The summed E-state index contributed by atoms with van der Waals surface area (Å²) in [6.45, 7) is 4.55. The average Bonchev–Trinajstić information content (AvgIpc) is 2.75. The fourth-order valence-corrected chi connectivity index (χ4v) is 4.04. The number of nitrogens with zero attached hydrogens (tertiary/aromatic N) is 1. The van der Waals surface area contributed by atoms with Crippen molar-refractivity contribution >= 4 is 0 Å². The van der Waals surface area contributed by atoms with Crippen molar-refractivity contribution in [2.45, 2.75) is 25.2 Å². The molecule has 1 saturated heterocycles. The van der Waals surface area contributed by atoms with Gasteiger partial charge in [0.15, 0.2) is 0 Å². The maximum atomic E-state index is 14.5. The van der Waals surface area contributed by atoms with Gasteiger partial charge in [-0.3, -0.25) is 4.90 Å². The number of ether oxygens (including phenoxy) is 1. The Balaban J connectivity index is 1.61. The van der Waals surface area contributed by atoms with Gasteiger partial charge in [-0.1, -0.05) is 72.8 Å². The minimum absolute atomic E-state index is 0.300. The lowest BCUT2D eigenvalue weighted by Crippen LogP contribution is -2.51. The van der Waals surface area contributed by atoms with Crippen LogP contribution in [0.15, 0.2) is 78.9 Å². The second-order valence-electron chi connectivity index (χ2n) is 7.75. The fourth-order valence-electron chi connectivity index (χ4n) is 4.04. The highest BCUT2D eigenvalue weighted by Gasteiger charge is 2.39. The summed E-state index contributed by atoms with van der Waals surface area (Å²) in [4.78, 5) is 2.30. The molecule has 1 heterocycles. The van der Waals surface area contributed by atoms with Crippen LogP contribution in [-0.2, 0) is 16.9 Å². The molecule has 1 aliphatic rings. The third kappa shape index (κ3) is 4.25. The Morgan fingerprint density at radius 3 is 2.38 bits per heavy atom. The molecule has 0 radical (unpaired) electrons. The molecule has 0 aliphatic carbocycles. The standard InChI is InChI=1S/C25H26FNO2/c1-25(28,22-13-7-5-11-20(22)21-12-6-8-14-23(21)26)24-18-27(15-16-29-24)17-19-9-3-2-4-10-19/h2-14,24,28H,15-18H2,1H3. The van der Waals surface area contributed by atoms with Gasteiger partial charge in [0.1, 0.15) is 17.5 Å². The Bertz CT molecular complexity index is 958. The van der Waals surface area contributed by atoms with Gasteiger partial charge < -0.3 is 9.84 Å². The molecule has 4 heteroatoms. The van der Waals surface area contributed by atoms with E-state index in [0.717, 1.165) is 13.1 Å². The van der Waals surface area contributed by atoms with E-state index in [2.05, 4.69) is 17.0 Å². The van der Waals surface area contributed by atoms with Crippen LogP contribution in [0.4, 0.5) is 4.39 Å². The van der Waals surface area contributed by atoms with Gasteiger partial charge in [0, 0.05) is 25.2 Å². The molecule has 0 saturated carbocycles. The molecule has 3 aromatic carbocycles. The molecule has 0 spiro atoms. The lowest BCUT2D eigenvalue weighted by molar-refractivity contribution is -0.141. The Kier molecular flexibility index (Phi) is 5.76. The fraction of sp³-hybridized carbons (Fsp3) is 0.280. The molecule has 0 amide bonds. The Hall–Kier alpha value is -2.53. The number of rotatable bonds is 5. The summed E-state index contributed by atoms with van der Waals surface area (Å²) in [7, 11) is 0. The third-order valence-electron chi connectivity index (χ3n) is 5.66. The zero-order valence-electron chi connectivity index (χ0n) is 16.6. The van der Waals surface area contributed by atoms with Crippen molar-refractivity contribution in [3.05, 3.63) is 95.8 Å². The van der Waals surface area contributed by atoms with Crippen LogP contribution in [0.3, 0.4) is 0 Å². The molecule has 0 aromatic heterocycles. The van der Waals surface area contributed by atoms with Gasteiger partial charge in [0.25, 0.3) is 0 Å². The molecule has 150 valence electrons. The minimum Gasteiger partial charge on any atom is -0.383 e. The molecule has 2 unspecified atom stereocenters. The Morgan fingerprint density at radius 2 is 1.62 bits per heavy atom. The van der Waals surface area contributed by atoms with Crippen LogP contribution in [0.5, 0.6) is 0 Å². The zero-order valence-corrected chi connectivity index (χ0v) is 16.6. The topological polar surface area (TPSA) is 32.7 Å². The van der Waals surface area contributed by atoms with E-state index in [1.165, 1.54) is 11.6 Å². The molecule has 29 heavy (non-hydrogen) atoms. The van der Waals surface area contributed by atoms with Crippen molar-refractivity contribution in [1.29, 1.82) is 0 Å². The summed E-state index contributed by atoms with van der Waals surface area (Å²) in [6.07, 6.45) is -0.409. The van der Waals surface area contributed by atoms with Gasteiger partial charge in [0.05, 0.1) is 6.61 Å². The summed E-state index contributed by atoms with van der Waals surface area (Å²) in [5.74, 6) is -0.300. The number of hydrogen-bond donors (Lipinski definition) is 1. The van der Waals surface area contributed by atoms with E-state index in [-0.39, 0.29) is 5.82 Å². The smallest absolute Gasteiger partial charge is 0.131 e. The average molecular weight is 391 g/mol. The maximum Gasteiger partial charge on any atom is 0.131 e. The largest absolute Gasteiger partial charge is 0.383 e. The van der Waals surface area contributed by atoms with Crippen molar-refractivity contribution in [1.82, 2.24) is 4.90 Å². The predicted octanol–water partition coefficient (Wildman–Crippen LogP) is 4.60. The molecule has 1 aliphatic heterocycles. The van der Waals surface area contributed by atoms with Crippen LogP contribution in [0, 0.1) is 5.82 Å². The van der Waals surface area contributed by atoms with Gasteiger partial charge in [0.2, 0.25) is 0 Å². The molecular weight excluding hydrogens is 365 g/mol. The van der Waals surface area contributed by atoms with Crippen LogP contribution in [0.1, 0.15) is 18.1 Å². The number of hydrogen-bond acceptors (Lipinski definition) is 3. The lowest BCUT2D eigenvalue weighted by atomic mass is 9.83. The molecular formula is C25H26FNO2. The third-order valence-corrected chi connectivity index (χ3v) is 5.66. The molecule has 2 atom stereocenters. The first-order valence-electron chi connectivity index (χ1n) is 10.0. The van der Waals surface area contributed by atoms with Crippen LogP contribution in [0.2, 0.25) is 0 Å². The van der Waals surface area contributed by atoms with Crippen molar-refractivity contribution in [3.63, 3.8) is 0 Å². The van der Waals surface area contributed by atoms with E-state index in [0.29, 0.717) is 29.8 Å². The highest BCUT2D eigenvalue weighted by Crippen LogP contribution is 2.37. The SMILES string of the molecule is CC(O)(c1ccccc1-c1ccccc1F)C1CN(Cc2ccccc2)CCO1. The normalized spacial score (nSPS) is 19.6. The van der Waals surface area contributed by atoms with Gasteiger partial charge in [-0.05, 0) is 29.7 Å². The number of aliphatic hydroxyl groups is 1. The summed E-state index contributed by atoms with van der Waals surface area (Å²) >= 11 is 0. The maximum absolute atomic E-state index is 14.5. The van der Waals surface area contributed by atoms with E-state index < -0.39 is 11.7 Å². The van der Waals surface area contributed by atoms with Gasteiger partial charge >= 0.3 is 0 Å². The van der Waals surface area contributed by atoms with E-state index >= 15 is 0 Å². The second-order valence-corrected chi connectivity index (χ2v) is 7.75. The highest BCUT2D eigenvalue weighted by molar-refractivity contribution is 5.69. The van der Waals surface area contributed by atoms with Crippen LogP contribution < -0.4 is 0 Å². The first kappa shape index (κ1) is 19.8. The highest BCUT2D eigenvalue weighted by atomic mass is 19.1. The second kappa shape index (κ2) is 8.46. The summed E-state index contributed by atoms with van der Waals surface area (Å²) in [6, 6.07) is 24.4. The van der Waals surface area contributed by atoms with Gasteiger partial charge in [-0.25, -0.2) is 4.39 Å². The molecule has 1 N–H and O–H groups in total. The van der Waals surface area contributed by atoms with Crippen LogP contribution >= 0.6 is 0 Å². The predicted molar refractivity (Wildman–Crippen MR) is 113 cm³/mol. The first-order valence-corrected chi connectivity index (χ1v) is 10.0. The molecule has 1 fully saturated rings. The Labute approximate surface area is 171 Å². The quantitative estimate of drug-likeness (QED) is 0.690. The lowest BCUT2D eigenvalue weighted by Gasteiger charge is -2.41. The summed E-state index contributed by atoms with van der Waals surface area (Å²) in [5, 5.41) is 11.6. The zero-order chi connectivity index (χ0) is 20.3. The van der Waals surface area contributed by atoms with E-state index in [9.17, 15) is 9.50 Å². The number of halogens is 1. The summed E-state index contributed by atoms with van der Waals surface area (Å²) in [5.41, 5.74) is 1.84. The van der Waals surface area contributed by atoms with Crippen molar-refractivity contribution < 1.29 is 14.2 Å². The van der Waals surface area contributed by atoms with E-state index in [1.54, 1.807) is 19.1 Å². The number of morpholine rings is 1. The molecule has 4 rings (SSSR count). The van der Waals surface area contributed by atoms with Crippen molar-refractivity contribution in [2.24, 2.45) is 0 Å².